The van der Waals surface area contributed by atoms with Crippen LogP contribution in [0.3, 0.4) is 0 Å². The Morgan fingerprint density at radius 2 is 2.00 bits per heavy atom. The Morgan fingerprint density at radius 3 is 2.59 bits per heavy atom. The van der Waals surface area contributed by atoms with Crippen LogP contribution >= 0.6 is 0 Å². The lowest BCUT2D eigenvalue weighted by molar-refractivity contribution is 0.0766. The molecule has 0 aliphatic heterocycles. The van der Waals surface area contributed by atoms with E-state index in [1.54, 1.807) is 6.20 Å². The molecule has 0 saturated heterocycles. The lowest BCUT2D eigenvalue weighted by Gasteiger charge is -2.22. The minimum absolute atomic E-state index is 0.0353. The zero-order valence-electron chi connectivity index (χ0n) is 18.6. The van der Waals surface area contributed by atoms with Gasteiger partial charge in [0.25, 0.3) is 5.91 Å². The van der Waals surface area contributed by atoms with Crippen molar-refractivity contribution < 1.29 is 4.79 Å². The van der Waals surface area contributed by atoms with Gasteiger partial charge in [0.2, 0.25) is 0 Å². The molecule has 0 unspecified atom stereocenters. The van der Waals surface area contributed by atoms with E-state index in [-0.39, 0.29) is 5.91 Å². The van der Waals surface area contributed by atoms with E-state index in [1.165, 1.54) is 0 Å². The SMILES string of the molecule is C=C(C)/C(=C\C(C)=C/C)Nc1ncc(C(=O)N(CC)CCC)c2c(C)cccc12. The van der Waals surface area contributed by atoms with E-state index in [2.05, 4.69) is 42.9 Å². The van der Waals surface area contributed by atoms with Crippen molar-refractivity contribution in [3.63, 3.8) is 0 Å². The van der Waals surface area contributed by atoms with E-state index in [0.717, 1.165) is 52.0 Å². The van der Waals surface area contributed by atoms with Crippen LogP contribution in [0.1, 0.15) is 57.0 Å². The van der Waals surface area contributed by atoms with Crippen LogP contribution in [0, 0.1) is 6.92 Å². The van der Waals surface area contributed by atoms with Crippen LogP contribution in [-0.4, -0.2) is 28.9 Å². The normalized spacial score (nSPS) is 12.2. The molecule has 154 valence electrons. The molecule has 0 saturated carbocycles. The molecule has 2 aromatic rings. The molecular formula is C25H33N3O. The summed E-state index contributed by atoms with van der Waals surface area (Å²) in [5.41, 5.74) is 4.70. The Bertz CT molecular complexity index is 969. The van der Waals surface area contributed by atoms with Gasteiger partial charge in [0.15, 0.2) is 0 Å². The van der Waals surface area contributed by atoms with Gasteiger partial charge in [-0.25, -0.2) is 4.98 Å². The first-order chi connectivity index (χ1) is 13.8. The van der Waals surface area contributed by atoms with Gasteiger partial charge in [-0.05, 0) is 58.3 Å². The zero-order chi connectivity index (χ0) is 21.6. The number of hydrogen-bond acceptors (Lipinski definition) is 3. The van der Waals surface area contributed by atoms with Crippen LogP contribution in [0.5, 0.6) is 0 Å². The summed E-state index contributed by atoms with van der Waals surface area (Å²) in [7, 11) is 0. The molecule has 1 aromatic carbocycles. The molecule has 1 aromatic heterocycles. The van der Waals surface area contributed by atoms with Crippen LogP contribution in [0.15, 0.2) is 60.0 Å². The van der Waals surface area contributed by atoms with Crippen molar-refractivity contribution in [2.75, 3.05) is 18.4 Å². The number of pyridine rings is 1. The smallest absolute Gasteiger partial charge is 0.256 e. The molecule has 4 nitrogen and oxygen atoms in total. The molecule has 0 bridgehead atoms. The van der Waals surface area contributed by atoms with Crippen LogP contribution in [0.4, 0.5) is 5.82 Å². The maximum Gasteiger partial charge on any atom is 0.256 e. The highest BCUT2D eigenvalue weighted by molar-refractivity contribution is 6.10. The number of carbonyl (C=O) groups excluding carboxylic acids is 1. The number of anilines is 1. The van der Waals surface area contributed by atoms with Crippen molar-refractivity contribution in [3.05, 3.63) is 71.1 Å². The number of allylic oxidation sites excluding steroid dienone is 4. The summed E-state index contributed by atoms with van der Waals surface area (Å²) in [6, 6.07) is 6.06. The minimum atomic E-state index is 0.0353. The number of nitrogens with zero attached hydrogens (tertiary/aromatic N) is 2. The van der Waals surface area contributed by atoms with Crippen molar-refractivity contribution >= 4 is 22.5 Å². The van der Waals surface area contributed by atoms with E-state index >= 15 is 0 Å². The number of carbonyl (C=O) groups is 1. The first-order valence-electron chi connectivity index (χ1n) is 10.3. The highest BCUT2D eigenvalue weighted by atomic mass is 16.2. The third-order valence-electron chi connectivity index (χ3n) is 5.05. The average molecular weight is 392 g/mol. The van der Waals surface area contributed by atoms with E-state index < -0.39 is 0 Å². The van der Waals surface area contributed by atoms with Crippen molar-refractivity contribution in [1.82, 2.24) is 9.88 Å². The van der Waals surface area contributed by atoms with E-state index in [0.29, 0.717) is 12.1 Å². The molecule has 0 radical (unpaired) electrons. The minimum Gasteiger partial charge on any atom is -0.340 e. The molecule has 0 spiro atoms. The summed E-state index contributed by atoms with van der Waals surface area (Å²) < 4.78 is 0. The number of hydrogen-bond donors (Lipinski definition) is 1. The Balaban J connectivity index is 2.62. The first kappa shape index (κ1) is 22.4. The summed E-state index contributed by atoms with van der Waals surface area (Å²) in [5.74, 6) is 0.769. The second-order valence-corrected chi connectivity index (χ2v) is 7.40. The summed E-state index contributed by atoms with van der Waals surface area (Å²) in [4.78, 5) is 19.7. The molecule has 4 heteroatoms. The van der Waals surface area contributed by atoms with Crippen molar-refractivity contribution in [2.24, 2.45) is 0 Å². The number of benzene rings is 1. The summed E-state index contributed by atoms with van der Waals surface area (Å²) in [6.07, 6.45) is 6.75. The van der Waals surface area contributed by atoms with Gasteiger partial charge in [0, 0.05) is 35.8 Å². The molecule has 0 atom stereocenters. The Kier molecular flexibility index (Phi) is 7.77. The molecule has 1 N–H and O–H groups in total. The lowest BCUT2D eigenvalue weighted by atomic mass is 10.0. The number of fused-ring (bicyclic) bond motifs is 1. The standard InChI is InChI=1S/C25H33N3O/c1-8-14-28(10-3)25(29)21-16-26-24(20-13-11-12-19(7)23(20)21)27-22(17(4)5)15-18(6)9-2/h9,11-13,15-16H,4,8,10,14H2,1-3,5-7H3,(H,26,27)/b18-9-,22-15+. The number of rotatable bonds is 8. The Hall–Kier alpha value is -2.88. The summed E-state index contributed by atoms with van der Waals surface area (Å²) in [5, 5.41) is 5.32. The van der Waals surface area contributed by atoms with Gasteiger partial charge >= 0.3 is 0 Å². The topological polar surface area (TPSA) is 45.2 Å². The van der Waals surface area contributed by atoms with Gasteiger partial charge in [-0.2, -0.15) is 0 Å². The van der Waals surface area contributed by atoms with Crippen LogP contribution < -0.4 is 5.32 Å². The van der Waals surface area contributed by atoms with Crippen LogP contribution in [0.25, 0.3) is 10.8 Å². The Labute approximate surface area is 175 Å². The van der Waals surface area contributed by atoms with Gasteiger partial charge in [-0.3, -0.25) is 4.79 Å². The fourth-order valence-electron chi connectivity index (χ4n) is 3.30. The van der Waals surface area contributed by atoms with Gasteiger partial charge in [0.05, 0.1) is 5.56 Å². The van der Waals surface area contributed by atoms with Gasteiger partial charge in [-0.15, -0.1) is 0 Å². The number of nitrogens with one attached hydrogen (secondary N) is 1. The fraction of sp³-hybridized carbons (Fsp3) is 0.360. The molecule has 1 amide bonds. The van der Waals surface area contributed by atoms with Crippen molar-refractivity contribution in [3.8, 4) is 0 Å². The first-order valence-corrected chi connectivity index (χ1v) is 10.3. The number of aryl methyl sites for hydroxylation is 1. The van der Waals surface area contributed by atoms with Crippen LogP contribution in [-0.2, 0) is 0 Å². The van der Waals surface area contributed by atoms with Gasteiger partial charge in [-0.1, -0.05) is 43.4 Å². The third-order valence-corrected chi connectivity index (χ3v) is 5.05. The zero-order valence-corrected chi connectivity index (χ0v) is 18.6. The summed E-state index contributed by atoms with van der Waals surface area (Å²) in [6.45, 7) is 17.7. The largest absolute Gasteiger partial charge is 0.340 e. The van der Waals surface area contributed by atoms with Crippen molar-refractivity contribution in [2.45, 2.75) is 48.0 Å². The number of amides is 1. The molecule has 0 aliphatic rings. The fourth-order valence-corrected chi connectivity index (χ4v) is 3.30. The second-order valence-electron chi connectivity index (χ2n) is 7.40. The van der Waals surface area contributed by atoms with Gasteiger partial charge in [0.1, 0.15) is 5.82 Å². The van der Waals surface area contributed by atoms with E-state index in [4.69, 9.17) is 0 Å². The Morgan fingerprint density at radius 1 is 1.28 bits per heavy atom. The lowest BCUT2D eigenvalue weighted by Crippen LogP contribution is -2.31. The predicted molar refractivity (Wildman–Crippen MR) is 124 cm³/mol. The highest BCUT2D eigenvalue weighted by Crippen LogP contribution is 2.30. The molecule has 0 fully saturated rings. The molecule has 1 heterocycles. The van der Waals surface area contributed by atoms with Crippen LogP contribution in [0.2, 0.25) is 0 Å². The van der Waals surface area contributed by atoms with E-state index in [9.17, 15) is 4.79 Å². The predicted octanol–water partition coefficient (Wildman–Crippen LogP) is 6.25. The average Bonchev–Trinajstić information content (AvgIpc) is 2.71. The molecule has 0 aliphatic carbocycles. The second kappa shape index (κ2) is 10.1. The molecule has 2 rings (SSSR count). The summed E-state index contributed by atoms with van der Waals surface area (Å²) >= 11 is 0. The van der Waals surface area contributed by atoms with Crippen molar-refractivity contribution in [1.29, 1.82) is 0 Å². The third kappa shape index (κ3) is 5.14. The molecular weight excluding hydrogens is 358 g/mol. The maximum absolute atomic E-state index is 13.2. The number of aromatic nitrogens is 1. The van der Waals surface area contributed by atoms with Gasteiger partial charge < -0.3 is 10.2 Å². The monoisotopic (exact) mass is 391 g/mol. The molecule has 29 heavy (non-hydrogen) atoms. The highest BCUT2D eigenvalue weighted by Gasteiger charge is 2.20. The van der Waals surface area contributed by atoms with E-state index in [1.807, 2.05) is 50.8 Å². The quantitative estimate of drug-likeness (QED) is 0.541. The maximum atomic E-state index is 13.2.